The average Bonchev–Trinajstić information content (AvgIpc) is 2.80. The molecule has 0 radical (unpaired) electrons. The van der Waals surface area contributed by atoms with E-state index in [1.165, 1.54) is 23.7 Å². The molecule has 1 aromatic carbocycles. The molecule has 3 rings (SSSR count). The molecule has 32 heavy (non-hydrogen) atoms. The van der Waals surface area contributed by atoms with Gasteiger partial charge < -0.3 is 24.1 Å². The Bertz CT molecular complexity index is 1170. The van der Waals surface area contributed by atoms with E-state index < -0.39 is 6.03 Å². The molecule has 1 aliphatic heterocycles. The van der Waals surface area contributed by atoms with Crippen LogP contribution in [0.1, 0.15) is 11.1 Å². The van der Waals surface area contributed by atoms with Crippen molar-refractivity contribution in [1.29, 1.82) is 5.26 Å². The van der Waals surface area contributed by atoms with Crippen molar-refractivity contribution < 1.29 is 13.9 Å². The maximum atomic E-state index is 13.2. The number of carbonyl (C=O) groups excluding carboxylic acids is 1. The van der Waals surface area contributed by atoms with Gasteiger partial charge in [0.25, 0.3) is 0 Å². The molecule has 1 aliphatic rings. The fourth-order valence-electron chi connectivity index (χ4n) is 3.68. The van der Waals surface area contributed by atoms with Crippen LogP contribution in [0.3, 0.4) is 0 Å². The van der Waals surface area contributed by atoms with Crippen LogP contribution in [0.2, 0.25) is 0 Å². The zero-order valence-corrected chi connectivity index (χ0v) is 19.3. The topological polar surface area (TPSA) is 90.8 Å². The Kier molecular flexibility index (Phi) is 7.40. The lowest BCUT2D eigenvalue weighted by Crippen LogP contribution is -2.51. The highest BCUT2D eigenvalue weighted by molar-refractivity contribution is 7.71. The highest BCUT2D eigenvalue weighted by Crippen LogP contribution is 2.21. The van der Waals surface area contributed by atoms with Crippen molar-refractivity contribution in [2.75, 3.05) is 38.7 Å². The molecule has 1 fully saturated rings. The number of hydrogen-bond donors (Lipinski definition) is 1. The summed E-state index contributed by atoms with van der Waals surface area (Å²) < 4.78 is 22.8. The Balaban J connectivity index is 1.96. The number of benzene rings is 1. The van der Waals surface area contributed by atoms with Crippen LogP contribution in [0, 0.1) is 21.9 Å². The number of urea groups is 1. The zero-order valence-electron chi connectivity index (χ0n) is 18.5. The number of rotatable bonds is 4. The average molecular weight is 460 g/mol. The third-order valence-corrected chi connectivity index (χ3v) is 5.95. The number of carbonyl (C=O) groups is 1. The summed E-state index contributed by atoms with van der Waals surface area (Å²) in [6.45, 7) is 2.44. The van der Waals surface area contributed by atoms with Crippen molar-refractivity contribution >= 4 is 24.1 Å². The van der Waals surface area contributed by atoms with Crippen LogP contribution in [0.15, 0.2) is 29.3 Å². The second kappa shape index (κ2) is 10.0. The summed E-state index contributed by atoms with van der Waals surface area (Å²) in [5.41, 5.74) is 1.40. The summed E-state index contributed by atoms with van der Waals surface area (Å²) in [7, 11) is 6.71. The first-order chi connectivity index (χ1) is 15.3. The van der Waals surface area contributed by atoms with Gasteiger partial charge in [0.15, 0.2) is 10.3 Å². The van der Waals surface area contributed by atoms with Gasteiger partial charge in [-0.3, -0.25) is 4.90 Å². The molecule has 170 valence electrons. The Morgan fingerprint density at radius 3 is 2.69 bits per heavy atom. The highest BCUT2D eigenvalue weighted by atomic mass is 32.1. The molecule has 2 amide bonds. The molecular weight excluding hydrogens is 433 g/mol. The standard InChI is InChI=1S/C21H26FN7O2S/c1-24-20(30)25-18-16(11-23)19(28(4)21(32)27(18)3)26(2)17-13-29(9-10-31-17)12-14-5-7-15(22)8-6-14/h5-8,17H,9-10,12-13H2,1-4H3,(H,24,30)/b25-18-. The van der Waals surface area contributed by atoms with Gasteiger partial charge in [0.1, 0.15) is 29.5 Å². The van der Waals surface area contributed by atoms with Crippen LogP contribution in [-0.4, -0.2) is 60.1 Å². The van der Waals surface area contributed by atoms with E-state index in [-0.39, 0.29) is 23.1 Å². The van der Waals surface area contributed by atoms with Gasteiger partial charge in [-0.2, -0.15) is 10.3 Å². The van der Waals surface area contributed by atoms with Gasteiger partial charge in [-0.15, -0.1) is 0 Å². The predicted molar refractivity (Wildman–Crippen MR) is 120 cm³/mol. The molecule has 1 N–H and O–H groups in total. The maximum Gasteiger partial charge on any atom is 0.342 e. The second-order valence-electron chi connectivity index (χ2n) is 7.50. The maximum absolute atomic E-state index is 13.2. The Labute approximate surface area is 191 Å². The summed E-state index contributed by atoms with van der Waals surface area (Å²) >= 11 is 5.52. The number of anilines is 1. The van der Waals surface area contributed by atoms with Gasteiger partial charge in [-0.25, -0.2) is 9.18 Å². The molecular formula is C21H26FN7O2S. The van der Waals surface area contributed by atoms with Gasteiger partial charge >= 0.3 is 6.03 Å². The first-order valence-electron chi connectivity index (χ1n) is 10.0. The summed E-state index contributed by atoms with van der Waals surface area (Å²) in [5, 5.41) is 12.4. The van der Waals surface area contributed by atoms with Gasteiger partial charge in [0.05, 0.1) is 6.61 Å². The van der Waals surface area contributed by atoms with E-state index in [4.69, 9.17) is 17.0 Å². The first kappa shape index (κ1) is 23.6. The quantitative estimate of drug-likeness (QED) is 0.699. The van der Waals surface area contributed by atoms with Gasteiger partial charge in [0, 0.05) is 47.8 Å². The Morgan fingerprint density at radius 1 is 1.38 bits per heavy atom. The van der Waals surface area contributed by atoms with E-state index >= 15 is 0 Å². The molecule has 2 aromatic rings. The summed E-state index contributed by atoms with van der Waals surface area (Å²) in [6.07, 6.45) is -0.363. The van der Waals surface area contributed by atoms with Crippen molar-refractivity contribution in [3.8, 4) is 6.07 Å². The van der Waals surface area contributed by atoms with Crippen LogP contribution in [0.4, 0.5) is 15.0 Å². The van der Waals surface area contributed by atoms with Crippen molar-refractivity contribution in [3.63, 3.8) is 0 Å². The van der Waals surface area contributed by atoms with Crippen molar-refractivity contribution in [2.45, 2.75) is 12.8 Å². The van der Waals surface area contributed by atoms with Gasteiger partial charge in [0.2, 0.25) is 0 Å². The highest BCUT2D eigenvalue weighted by Gasteiger charge is 2.28. The number of halogens is 1. The van der Waals surface area contributed by atoms with E-state index in [2.05, 4.69) is 21.3 Å². The lowest BCUT2D eigenvalue weighted by molar-refractivity contribution is -0.0304. The fourth-order valence-corrected chi connectivity index (χ4v) is 3.86. The molecule has 1 unspecified atom stereocenters. The molecule has 1 aromatic heterocycles. The Morgan fingerprint density at radius 2 is 2.06 bits per heavy atom. The monoisotopic (exact) mass is 459 g/mol. The number of aromatic nitrogens is 2. The van der Waals surface area contributed by atoms with Crippen molar-refractivity contribution in [2.24, 2.45) is 19.1 Å². The van der Waals surface area contributed by atoms with Crippen LogP contribution >= 0.6 is 12.2 Å². The van der Waals surface area contributed by atoms with E-state index in [1.54, 1.807) is 30.8 Å². The van der Waals surface area contributed by atoms with Crippen molar-refractivity contribution in [1.82, 2.24) is 19.4 Å². The van der Waals surface area contributed by atoms with Gasteiger partial charge in [-0.1, -0.05) is 12.1 Å². The van der Waals surface area contributed by atoms with Crippen LogP contribution < -0.4 is 15.7 Å². The van der Waals surface area contributed by atoms with E-state index in [0.717, 1.165) is 12.1 Å². The largest absolute Gasteiger partial charge is 0.356 e. The summed E-state index contributed by atoms with van der Waals surface area (Å²) in [5.74, 6) is 0.242. The van der Waals surface area contributed by atoms with E-state index in [0.29, 0.717) is 30.3 Å². The van der Waals surface area contributed by atoms with Crippen LogP contribution in [0.25, 0.3) is 0 Å². The number of amides is 2. The molecule has 0 bridgehead atoms. The second-order valence-corrected chi connectivity index (χ2v) is 7.86. The third-order valence-electron chi connectivity index (χ3n) is 5.41. The smallest absolute Gasteiger partial charge is 0.342 e. The first-order valence-corrected chi connectivity index (χ1v) is 10.5. The molecule has 2 heterocycles. The summed E-state index contributed by atoms with van der Waals surface area (Å²) in [6, 6.07) is 8.03. The molecule has 9 nitrogen and oxygen atoms in total. The number of nitriles is 1. The molecule has 0 saturated carbocycles. The molecule has 1 saturated heterocycles. The minimum atomic E-state index is -0.576. The number of nitrogens with zero attached hydrogens (tertiary/aromatic N) is 6. The molecule has 0 aliphatic carbocycles. The third kappa shape index (κ3) is 4.88. The van der Waals surface area contributed by atoms with Crippen LogP contribution in [0.5, 0.6) is 0 Å². The number of nitrogens with one attached hydrogen (secondary N) is 1. The number of hydrogen-bond acceptors (Lipinski definition) is 6. The minimum Gasteiger partial charge on any atom is -0.356 e. The van der Waals surface area contributed by atoms with E-state index in [1.807, 2.05) is 11.9 Å². The van der Waals surface area contributed by atoms with Crippen LogP contribution in [-0.2, 0) is 25.4 Å². The lowest BCUT2D eigenvalue weighted by Gasteiger charge is -2.39. The molecule has 11 heteroatoms. The number of ether oxygens (including phenoxy) is 1. The summed E-state index contributed by atoms with van der Waals surface area (Å²) in [4.78, 5) is 20.0. The zero-order chi connectivity index (χ0) is 23.4. The minimum absolute atomic E-state index is 0.177. The normalized spacial score (nSPS) is 17.1. The SMILES string of the molecule is CNC(=O)/N=c1/c(C#N)c(N(C)C2CN(Cc3ccc(F)cc3)CCO2)n(C)c(=S)n1C. The molecule has 0 spiro atoms. The number of likely N-dealkylation sites (N-methyl/N-ethyl adjacent to an activating group) is 1. The van der Waals surface area contributed by atoms with Crippen molar-refractivity contribution in [3.05, 3.63) is 51.5 Å². The van der Waals surface area contributed by atoms with E-state index in [9.17, 15) is 14.4 Å². The fraction of sp³-hybridized carbons (Fsp3) is 0.429. The Hall–Kier alpha value is -3.07. The molecule has 1 atom stereocenters. The van der Waals surface area contributed by atoms with Gasteiger partial charge in [-0.05, 0) is 29.9 Å². The lowest BCUT2D eigenvalue weighted by atomic mass is 10.2. The predicted octanol–water partition coefficient (Wildman–Crippen LogP) is 1.64. The number of morpholine rings is 1.